The lowest BCUT2D eigenvalue weighted by Crippen LogP contribution is -2.37. The third kappa shape index (κ3) is 3.70. The normalized spacial score (nSPS) is 17.5. The van der Waals surface area contributed by atoms with Crippen LogP contribution in [0.15, 0.2) is 36.8 Å². The summed E-state index contributed by atoms with van der Waals surface area (Å²) in [5.74, 6) is 0.135. The second kappa shape index (κ2) is 7.70. The van der Waals surface area contributed by atoms with E-state index in [0.717, 1.165) is 18.9 Å². The average Bonchev–Trinajstić information content (AvgIpc) is 3.32. The first-order valence-electron chi connectivity index (χ1n) is 10.9. The molecule has 2 aliphatic rings. The second-order valence-electron chi connectivity index (χ2n) is 8.78. The maximum atomic E-state index is 13.9. The first kappa shape index (κ1) is 21.9. The predicted molar refractivity (Wildman–Crippen MR) is 121 cm³/mol. The maximum absolute atomic E-state index is 13.9. The Hall–Kier alpha value is -3.60. The number of amides is 1. The molecule has 0 radical (unpaired) electrons. The van der Waals surface area contributed by atoms with E-state index in [1.54, 1.807) is 34.0 Å². The van der Waals surface area contributed by atoms with Gasteiger partial charge in [0.2, 0.25) is 5.88 Å². The van der Waals surface area contributed by atoms with Gasteiger partial charge in [-0.15, -0.1) is 0 Å². The Bertz CT molecular complexity index is 1500. The molecular formula is C23H18ClF3N6O2. The van der Waals surface area contributed by atoms with Gasteiger partial charge in [-0.1, -0.05) is 11.6 Å². The lowest BCUT2D eigenvalue weighted by molar-refractivity contribution is -0.141. The topological polar surface area (TPSA) is 98.6 Å². The second-order valence-corrected chi connectivity index (χ2v) is 9.19. The molecule has 4 aromatic rings. The predicted octanol–water partition coefficient (Wildman–Crippen LogP) is 4.52. The SMILES string of the molecule is Nc1nc2cc(Cl)c(C(=O)N(CC3CC3)C3COc4nc(C(F)(F)F)ccc43)cc2n2cncc12. The molecule has 3 aromatic heterocycles. The number of alkyl halides is 3. The summed E-state index contributed by atoms with van der Waals surface area (Å²) in [5, 5.41) is 0.194. The number of halogens is 4. The standard InChI is InChI=1S/C23H18ClF3N6O2/c24-14-6-15-16(33-10-29-7-17(33)20(28)30-15)5-13(14)22(34)32(8-11-1-2-11)18-9-35-21-12(18)3-4-19(31-21)23(25,26)27/h3-7,10-11,18H,1-2,8-9H2,(H2,28,30). The zero-order valence-corrected chi connectivity index (χ0v) is 18.8. The number of fused-ring (bicyclic) bond motifs is 4. The van der Waals surface area contributed by atoms with Gasteiger partial charge in [0, 0.05) is 12.1 Å². The number of hydrogen-bond donors (Lipinski definition) is 1. The minimum Gasteiger partial charge on any atom is -0.475 e. The van der Waals surface area contributed by atoms with Crippen molar-refractivity contribution in [1.82, 2.24) is 24.3 Å². The number of aromatic nitrogens is 4. The number of nitrogens with two attached hydrogens (primary N) is 1. The number of rotatable bonds is 4. The fourth-order valence-corrected chi connectivity index (χ4v) is 4.67. The van der Waals surface area contributed by atoms with E-state index < -0.39 is 17.9 Å². The van der Waals surface area contributed by atoms with E-state index in [1.807, 2.05) is 0 Å². The van der Waals surface area contributed by atoms with Crippen LogP contribution >= 0.6 is 11.6 Å². The van der Waals surface area contributed by atoms with Crippen molar-refractivity contribution in [1.29, 1.82) is 0 Å². The molecule has 1 unspecified atom stereocenters. The van der Waals surface area contributed by atoms with Gasteiger partial charge in [0.25, 0.3) is 5.91 Å². The van der Waals surface area contributed by atoms with Crippen LogP contribution in [0.3, 0.4) is 0 Å². The fourth-order valence-electron chi connectivity index (χ4n) is 4.43. The first-order chi connectivity index (χ1) is 16.7. The minimum absolute atomic E-state index is 0.0111. The van der Waals surface area contributed by atoms with Gasteiger partial charge in [-0.3, -0.25) is 9.20 Å². The van der Waals surface area contributed by atoms with E-state index >= 15 is 0 Å². The molecule has 0 bridgehead atoms. The van der Waals surface area contributed by atoms with Crippen LogP contribution in [-0.2, 0) is 6.18 Å². The van der Waals surface area contributed by atoms with E-state index in [2.05, 4.69) is 15.0 Å². The fraction of sp³-hybridized carbons (Fsp3) is 0.304. The van der Waals surface area contributed by atoms with Crippen LogP contribution in [0.4, 0.5) is 19.0 Å². The largest absolute Gasteiger partial charge is 0.475 e. The zero-order chi connectivity index (χ0) is 24.5. The van der Waals surface area contributed by atoms with Crippen molar-refractivity contribution in [3.05, 3.63) is 58.6 Å². The van der Waals surface area contributed by atoms with Crippen molar-refractivity contribution in [2.45, 2.75) is 25.1 Å². The highest BCUT2D eigenvalue weighted by Gasteiger charge is 2.40. The van der Waals surface area contributed by atoms with Crippen LogP contribution in [0.1, 0.15) is 40.5 Å². The lowest BCUT2D eigenvalue weighted by atomic mass is 10.1. The van der Waals surface area contributed by atoms with Gasteiger partial charge in [0.05, 0.1) is 40.2 Å². The lowest BCUT2D eigenvalue weighted by Gasteiger charge is -2.29. The van der Waals surface area contributed by atoms with E-state index in [4.69, 9.17) is 22.1 Å². The van der Waals surface area contributed by atoms with E-state index in [0.29, 0.717) is 34.6 Å². The summed E-state index contributed by atoms with van der Waals surface area (Å²) < 4.78 is 46.6. The Balaban J connectivity index is 1.42. The molecule has 0 saturated heterocycles. The molecular weight excluding hydrogens is 485 g/mol. The van der Waals surface area contributed by atoms with E-state index in [9.17, 15) is 18.0 Å². The van der Waals surface area contributed by atoms with Crippen LogP contribution in [0.2, 0.25) is 5.02 Å². The van der Waals surface area contributed by atoms with Gasteiger partial charge < -0.3 is 15.4 Å². The molecule has 1 aromatic carbocycles. The van der Waals surface area contributed by atoms with Gasteiger partial charge in [-0.05, 0) is 43.0 Å². The summed E-state index contributed by atoms with van der Waals surface area (Å²) in [4.78, 5) is 27.6. The van der Waals surface area contributed by atoms with Crippen molar-refractivity contribution >= 4 is 39.9 Å². The van der Waals surface area contributed by atoms with Crippen molar-refractivity contribution in [2.75, 3.05) is 18.9 Å². The smallest absolute Gasteiger partial charge is 0.433 e. The monoisotopic (exact) mass is 502 g/mol. The number of benzene rings is 1. The third-order valence-electron chi connectivity index (χ3n) is 6.40. The highest BCUT2D eigenvalue weighted by atomic mass is 35.5. The number of nitrogen functional groups attached to an aromatic ring is 1. The molecule has 1 aliphatic carbocycles. The number of carbonyl (C=O) groups is 1. The Morgan fingerprint density at radius 1 is 1.23 bits per heavy atom. The van der Waals surface area contributed by atoms with E-state index in [1.165, 1.54) is 6.07 Å². The van der Waals surface area contributed by atoms with Gasteiger partial charge in [-0.25, -0.2) is 15.0 Å². The number of carbonyl (C=O) groups excluding carboxylic acids is 1. The zero-order valence-electron chi connectivity index (χ0n) is 18.1. The molecule has 1 amide bonds. The molecule has 0 spiro atoms. The summed E-state index contributed by atoms with van der Waals surface area (Å²) in [6.07, 6.45) is 0.505. The van der Waals surface area contributed by atoms with Crippen molar-refractivity contribution in [2.24, 2.45) is 5.92 Å². The molecule has 4 heterocycles. The molecule has 2 N–H and O–H groups in total. The Morgan fingerprint density at radius 2 is 2.03 bits per heavy atom. The van der Waals surface area contributed by atoms with Gasteiger partial charge in [0.15, 0.2) is 0 Å². The molecule has 8 nitrogen and oxygen atoms in total. The Morgan fingerprint density at radius 3 is 2.77 bits per heavy atom. The Kier molecular flexibility index (Phi) is 4.82. The molecule has 1 saturated carbocycles. The molecule has 35 heavy (non-hydrogen) atoms. The maximum Gasteiger partial charge on any atom is 0.433 e. The average molecular weight is 503 g/mol. The molecule has 1 aliphatic heterocycles. The quantitative estimate of drug-likeness (QED) is 0.440. The number of pyridine rings is 1. The van der Waals surface area contributed by atoms with Crippen molar-refractivity contribution < 1.29 is 22.7 Å². The highest BCUT2D eigenvalue weighted by molar-refractivity contribution is 6.34. The van der Waals surface area contributed by atoms with Gasteiger partial charge in [-0.2, -0.15) is 13.2 Å². The van der Waals surface area contributed by atoms with Crippen molar-refractivity contribution in [3.63, 3.8) is 0 Å². The van der Waals surface area contributed by atoms with Crippen LogP contribution in [0.5, 0.6) is 5.88 Å². The number of hydrogen-bond acceptors (Lipinski definition) is 6. The molecule has 12 heteroatoms. The molecule has 180 valence electrons. The number of nitrogens with zero attached hydrogens (tertiary/aromatic N) is 5. The summed E-state index contributed by atoms with van der Waals surface area (Å²) in [6.45, 7) is 0.444. The van der Waals surface area contributed by atoms with Crippen molar-refractivity contribution in [3.8, 4) is 5.88 Å². The first-order valence-corrected chi connectivity index (χ1v) is 11.3. The summed E-state index contributed by atoms with van der Waals surface area (Å²) in [7, 11) is 0. The number of imidazole rings is 1. The van der Waals surface area contributed by atoms with Gasteiger partial charge in [0.1, 0.15) is 23.6 Å². The highest BCUT2D eigenvalue weighted by Crippen LogP contribution is 2.41. The molecule has 6 rings (SSSR count). The van der Waals surface area contributed by atoms with Crippen LogP contribution in [-0.4, -0.2) is 43.3 Å². The number of anilines is 1. The van der Waals surface area contributed by atoms with Crippen LogP contribution in [0, 0.1) is 5.92 Å². The molecule has 1 atom stereocenters. The summed E-state index contributed by atoms with van der Waals surface area (Å²) in [6, 6.07) is 4.88. The molecule has 1 fully saturated rings. The van der Waals surface area contributed by atoms with Crippen LogP contribution < -0.4 is 10.5 Å². The third-order valence-corrected chi connectivity index (χ3v) is 6.71. The minimum atomic E-state index is -4.59. The Labute approximate surface area is 201 Å². The number of ether oxygens (including phenoxy) is 1. The summed E-state index contributed by atoms with van der Waals surface area (Å²) in [5.41, 5.74) is 7.36. The van der Waals surface area contributed by atoms with Gasteiger partial charge >= 0.3 is 6.18 Å². The summed E-state index contributed by atoms with van der Waals surface area (Å²) >= 11 is 6.53. The van der Waals surface area contributed by atoms with Crippen LogP contribution in [0.25, 0.3) is 16.6 Å². The van der Waals surface area contributed by atoms with E-state index in [-0.39, 0.29) is 34.8 Å².